The van der Waals surface area contributed by atoms with Crippen molar-refractivity contribution >= 4 is 75.3 Å². The van der Waals surface area contributed by atoms with Crippen molar-refractivity contribution in [2.75, 3.05) is 11.1 Å². The molecule has 0 fully saturated rings. The van der Waals surface area contributed by atoms with Crippen molar-refractivity contribution in [3.63, 3.8) is 0 Å². The molecule has 2 rings (SSSR count). The van der Waals surface area contributed by atoms with Gasteiger partial charge in [0, 0.05) is 10.6 Å². The standard InChI is InChI=1S/C13H7Cl5N2O/c14-6-3-8(16)12(9(17)4-6)20-13(21)5-1-7(15)11(18)10(19)2-5/h1-4H,19H2,(H,20,21). The van der Waals surface area contributed by atoms with E-state index in [2.05, 4.69) is 5.32 Å². The SMILES string of the molecule is Nc1cc(C(=O)Nc2c(Cl)cc(Cl)cc2Cl)cc(Cl)c1Cl. The number of anilines is 2. The lowest BCUT2D eigenvalue weighted by Crippen LogP contribution is -2.13. The maximum absolute atomic E-state index is 12.2. The van der Waals surface area contributed by atoms with Crippen LogP contribution in [0.15, 0.2) is 24.3 Å². The van der Waals surface area contributed by atoms with Crippen LogP contribution in [0.2, 0.25) is 25.1 Å². The molecule has 0 radical (unpaired) electrons. The van der Waals surface area contributed by atoms with E-state index in [9.17, 15) is 4.79 Å². The van der Waals surface area contributed by atoms with Crippen molar-refractivity contribution in [3.05, 3.63) is 54.9 Å². The molecule has 110 valence electrons. The smallest absolute Gasteiger partial charge is 0.255 e. The molecular weight excluding hydrogens is 377 g/mol. The number of hydrogen-bond donors (Lipinski definition) is 2. The molecule has 0 atom stereocenters. The summed E-state index contributed by atoms with van der Waals surface area (Å²) in [6.45, 7) is 0. The van der Waals surface area contributed by atoms with Crippen LogP contribution in [0.5, 0.6) is 0 Å². The molecule has 0 aliphatic rings. The molecule has 8 heteroatoms. The van der Waals surface area contributed by atoms with Crippen molar-refractivity contribution in [2.45, 2.75) is 0 Å². The minimum atomic E-state index is -0.480. The van der Waals surface area contributed by atoms with Crippen LogP contribution in [0.3, 0.4) is 0 Å². The fraction of sp³-hybridized carbons (Fsp3) is 0. The van der Waals surface area contributed by atoms with E-state index in [1.807, 2.05) is 0 Å². The molecule has 0 aromatic heterocycles. The van der Waals surface area contributed by atoms with Crippen LogP contribution in [0.25, 0.3) is 0 Å². The van der Waals surface area contributed by atoms with Gasteiger partial charge in [-0.05, 0) is 24.3 Å². The lowest BCUT2D eigenvalue weighted by Gasteiger charge is -2.11. The Hall–Kier alpha value is -0.840. The quantitative estimate of drug-likeness (QED) is 0.644. The van der Waals surface area contributed by atoms with Gasteiger partial charge in [0.05, 0.1) is 31.5 Å². The molecule has 0 saturated carbocycles. The molecule has 1 amide bonds. The zero-order valence-electron chi connectivity index (χ0n) is 10.2. The second-order valence-electron chi connectivity index (χ2n) is 4.06. The van der Waals surface area contributed by atoms with Gasteiger partial charge in [-0.2, -0.15) is 0 Å². The van der Waals surface area contributed by atoms with Gasteiger partial charge in [0.25, 0.3) is 5.91 Å². The highest BCUT2D eigenvalue weighted by Gasteiger charge is 2.15. The van der Waals surface area contributed by atoms with Crippen LogP contribution in [-0.4, -0.2) is 5.91 Å². The predicted molar refractivity (Wildman–Crippen MR) is 90.3 cm³/mol. The summed E-state index contributed by atoms with van der Waals surface area (Å²) in [5, 5.41) is 3.74. The van der Waals surface area contributed by atoms with Gasteiger partial charge in [0.2, 0.25) is 0 Å². The third-order valence-electron chi connectivity index (χ3n) is 2.56. The number of nitrogen functional groups attached to an aromatic ring is 1. The van der Waals surface area contributed by atoms with Gasteiger partial charge >= 0.3 is 0 Å². The predicted octanol–water partition coefficient (Wildman–Crippen LogP) is 5.79. The van der Waals surface area contributed by atoms with Crippen molar-refractivity contribution in [1.29, 1.82) is 0 Å². The van der Waals surface area contributed by atoms with Crippen molar-refractivity contribution in [1.82, 2.24) is 0 Å². The Morgan fingerprint density at radius 1 is 0.905 bits per heavy atom. The minimum Gasteiger partial charge on any atom is -0.397 e. The van der Waals surface area contributed by atoms with Gasteiger partial charge in [-0.1, -0.05) is 58.0 Å². The molecule has 21 heavy (non-hydrogen) atoms. The van der Waals surface area contributed by atoms with Gasteiger partial charge < -0.3 is 11.1 Å². The van der Waals surface area contributed by atoms with Crippen LogP contribution < -0.4 is 11.1 Å². The topological polar surface area (TPSA) is 55.1 Å². The Morgan fingerprint density at radius 3 is 2.00 bits per heavy atom. The second-order valence-corrected chi connectivity index (χ2v) is 6.10. The fourth-order valence-corrected chi connectivity index (χ4v) is 2.84. The summed E-state index contributed by atoms with van der Waals surface area (Å²) in [5.74, 6) is -0.480. The third kappa shape index (κ3) is 3.68. The molecule has 0 unspecified atom stereocenters. The van der Waals surface area contributed by atoms with Gasteiger partial charge in [-0.3, -0.25) is 4.79 Å². The van der Waals surface area contributed by atoms with Gasteiger partial charge in [0.15, 0.2) is 0 Å². The third-order valence-corrected chi connectivity index (χ3v) is 4.19. The normalized spacial score (nSPS) is 10.5. The molecular formula is C13H7Cl5N2O. The van der Waals surface area contributed by atoms with Crippen molar-refractivity contribution in [3.8, 4) is 0 Å². The Bertz CT molecular complexity index is 686. The average molecular weight is 384 g/mol. The highest BCUT2D eigenvalue weighted by molar-refractivity contribution is 6.44. The average Bonchev–Trinajstić information content (AvgIpc) is 2.39. The number of carbonyl (C=O) groups excluding carboxylic acids is 1. The van der Waals surface area contributed by atoms with Crippen molar-refractivity contribution in [2.24, 2.45) is 0 Å². The van der Waals surface area contributed by atoms with Crippen LogP contribution in [-0.2, 0) is 0 Å². The molecule has 2 aromatic carbocycles. The molecule has 0 aliphatic heterocycles. The zero-order chi connectivity index (χ0) is 15.7. The van der Waals surface area contributed by atoms with E-state index in [-0.39, 0.29) is 37.0 Å². The van der Waals surface area contributed by atoms with E-state index in [0.29, 0.717) is 5.02 Å². The summed E-state index contributed by atoms with van der Waals surface area (Å²) in [6, 6.07) is 5.73. The van der Waals surface area contributed by atoms with E-state index >= 15 is 0 Å². The first-order chi connectivity index (χ1) is 9.79. The van der Waals surface area contributed by atoms with Crippen LogP contribution in [0, 0.1) is 0 Å². The van der Waals surface area contributed by atoms with Crippen molar-refractivity contribution < 1.29 is 4.79 Å². The van der Waals surface area contributed by atoms with E-state index in [4.69, 9.17) is 63.7 Å². The Labute approximate surface area is 145 Å². The van der Waals surface area contributed by atoms with E-state index in [0.717, 1.165) is 0 Å². The van der Waals surface area contributed by atoms with Crippen LogP contribution in [0.1, 0.15) is 10.4 Å². The second kappa shape index (κ2) is 6.51. The molecule has 0 bridgehead atoms. The summed E-state index contributed by atoms with van der Waals surface area (Å²) >= 11 is 29.5. The highest BCUT2D eigenvalue weighted by Crippen LogP contribution is 2.35. The summed E-state index contributed by atoms with van der Waals surface area (Å²) in [7, 11) is 0. The minimum absolute atomic E-state index is 0.176. The first-order valence-corrected chi connectivity index (χ1v) is 7.39. The Kier molecular flexibility index (Phi) is 5.12. The summed E-state index contributed by atoms with van der Waals surface area (Å²) < 4.78 is 0. The number of nitrogens with one attached hydrogen (secondary N) is 1. The largest absolute Gasteiger partial charge is 0.397 e. The van der Waals surface area contributed by atoms with Crippen LogP contribution >= 0.6 is 58.0 Å². The molecule has 0 saturated heterocycles. The maximum Gasteiger partial charge on any atom is 0.255 e. The number of rotatable bonds is 2. The van der Waals surface area contributed by atoms with Gasteiger partial charge in [-0.25, -0.2) is 0 Å². The highest BCUT2D eigenvalue weighted by atomic mass is 35.5. The lowest BCUT2D eigenvalue weighted by atomic mass is 10.2. The zero-order valence-corrected chi connectivity index (χ0v) is 14.0. The molecule has 0 spiro atoms. The molecule has 0 heterocycles. The number of nitrogens with two attached hydrogens (primary N) is 1. The summed E-state index contributed by atoms with van der Waals surface area (Å²) in [6.07, 6.45) is 0. The van der Waals surface area contributed by atoms with E-state index in [1.54, 1.807) is 0 Å². The summed E-state index contributed by atoms with van der Waals surface area (Å²) in [5.41, 5.74) is 6.34. The van der Waals surface area contributed by atoms with Crippen LogP contribution in [0.4, 0.5) is 11.4 Å². The monoisotopic (exact) mass is 382 g/mol. The number of amides is 1. The molecule has 0 aliphatic carbocycles. The lowest BCUT2D eigenvalue weighted by molar-refractivity contribution is 0.102. The number of benzene rings is 2. The first kappa shape index (κ1) is 16.5. The van der Waals surface area contributed by atoms with E-state index in [1.165, 1.54) is 24.3 Å². The van der Waals surface area contributed by atoms with E-state index < -0.39 is 5.91 Å². The fourth-order valence-electron chi connectivity index (χ4n) is 1.59. The van der Waals surface area contributed by atoms with Gasteiger partial charge in [0.1, 0.15) is 0 Å². The molecule has 3 nitrogen and oxygen atoms in total. The number of halogens is 5. The number of carbonyl (C=O) groups is 1. The first-order valence-electron chi connectivity index (χ1n) is 5.50. The number of hydrogen-bond acceptors (Lipinski definition) is 2. The maximum atomic E-state index is 12.2. The summed E-state index contributed by atoms with van der Waals surface area (Å²) in [4.78, 5) is 12.2. The van der Waals surface area contributed by atoms with Gasteiger partial charge in [-0.15, -0.1) is 0 Å². The Morgan fingerprint density at radius 2 is 1.48 bits per heavy atom. The molecule has 3 N–H and O–H groups in total. The Balaban J connectivity index is 2.35. The molecule has 2 aromatic rings.